The first-order chi connectivity index (χ1) is 12.1. The fraction of sp³-hybridized carbons (Fsp3) is 0.412. The van der Waals surface area contributed by atoms with Gasteiger partial charge in [0.2, 0.25) is 0 Å². The molecule has 1 aliphatic rings. The molecule has 2 aromatic rings. The van der Waals surface area contributed by atoms with Crippen LogP contribution in [0.15, 0.2) is 30.6 Å². The Hall–Kier alpha value is -2.32. The van der Waals surface area contributed by atoms with Crippen LogP contribution in [0.1, 0.15) is 29.4 Å². The molecule has 7 nitrogen and oxygen atoms in total. The standard InChI is InChI=1S/C17H20N4O3S/c1-2-21(10-15(22)23)12-7-11(8-12)20-16(24)14-9-19-17(25-14)13-5-3-4-6-18-13/h3-6,9,11-12H,2,7-8,10H2,1H3,(H,20,24)(H,22,23). The summed E-state index contributed by atoms with van der Waals surface area (Å²) in [6.07, 6.45) is 4.82. The highest BCUT2D eigenvalue weighted by Gasteiger charge is 2.35. The number of hydrogen-bond acceptors (Lipinski definition) is 6. The van der Waals surface area contributed by atoms with Gasteiger partial charge in [-0.15, -0.1) is 11.3 Å². The van der Waals surface area contributed by atoms with E-state index in [1.54, 1.807) is 12.4 Å². The molecule has 8 heteroatoms. The maximum Gasteiger partial charge on any atom is 0.317 e. The predicted octanol–water partition coefficient (Wildman–Crippen LogP) is 1.87. The van der Waals surface area contributed by atoms with Gasteiger partial charge in [-0.2, -0.15) is 0 Å². The van der Waals surface area contributed by atoms with Crippen molar-refractivity contribution in [3.8, 4) is 10.7 Å². The van der Waals surface area contributed by atoms with Crippen molar-refractivity contribution in [1.82, 2.24) is 20.2 Å². The van der Waals surface area contributed by atoms with E-state index < -0.39 is 5.97 Å². The Labute approximate surface area is 149 Å². The summed E-state index contributed by atoms with van der Waals surface area (Å²) in [5, 5.41) is 12.6. The summed E-state index contributed by atoms with van der Waals surface area (Å²) in [6.45, 7) is 2.69. The van der Waals surface area contributed by atoms with E-state index in [4.69, 9.17) is 5.11 Å². The lowest BCUT2D eigenvalue weighted by atomic mass is 9.85. The first kappa shape index (κ1) is 17.5. The topological polar surface area (TPSA) is 95.4 Å². The van der Waals surface area contributed by atoms with Crippen molar-refractivity contribution in [2.75, 3.05) is 13.1 Å². The smallest absolute Gasteiger partial charge is 0.317 e. The minimum Gasteiger partial charge on any atom is -0.480 e. The number of aromatic nitrogens is 2. The van der Waals surface area contributed by atoms with Gasteiger partial charge in [-0.3, -0.25) is 19.5 Å². The van der Waals surface area contributed by atoms with Crippen LogP contribution in [-0.4, -0.2) is 57.0 Å². The maximum atomic E-state index is 12.3. The van der Waals surface area contributed by atoms with E-state index in [0.717, 1.165) is 23.5 Å². The van der Waals surface area contributed by atoms with Crippen molar-refractivity contribution >= 4 is 23.2 Å². The van der Waals surface area contributed by atoms with E-state index in [1.807, 2.05) is 30.0 Å². The lowest BCUT2D eigenvalue weighted by molar-refractivity contribution is -0.139. The summed E-state index contributed by atoms with van der Waals surface area (Å²) < 4.78 is 0. The van der Waals surface area contributed by atoms with Gasteiger partial charge in [0.15, 0.2) is 0 Å². The second kappa shape index (κ2) is 7.71. The number of carbonyl (C=O) groups excluding carboxylic acids is 1. The second-order valence-corrected chi connectivity index (χ2v) is 7.03. The number of carboxylic acid groups (broad SMARTS) is 1. The van der Waals surface area contributed by atoms with Gasteiger partial charge < -0.3 is 10.4 Å². The molecule has 0 bridgehead atoms. The molecule has 1 aliphatic carbocycles. The number of aliphatic carboxylic acids is 1. The highest BCUT2D eigenvalue weighted by Crippen LogP contribution is 2.27. The molecule has 0 radical (unpaired) electrons. The number of amides is 1. The van der Waals surface area contributed by atoms with Crippen LogP contribution < -0.4 is 5.32 Å². The van der Waals surface area contributed by atoms with Crippen LogP contribution in [0.25, 0.3) is 10.7 Å². The van der Waals surface area contributed by atoms with Gasteiger partial charge >= 0.3 is 5.97 Å². The fourth-order valence-electron chi connectivity index (χ4n) is 2.92. The molecule has 25 heavy (non-hydrogen) atoms. The first-order valence-electron chi connectivity index (χ1n) is 8.20. The van der Waals surface area contributed by atoms with Crippen molar-refractivity contribution in [2.45, 2.75) is 31.8 Å². The molecule has 0 aromatic carbocycles. The molecular weight excluding hydrogens is 340 g/mol. The zero-order valence-electron chi connectivity index (χ0n) is 13.9. The average Bonchev–Trinajstić information content (AvgIpc) is 3.06. The Bertz CT molecular complexity index is 743. The number of carboxylic acids is 1. The summed E-state index contributed by atoms with van der Waals surface area (Å²) in [6, 6.07) is 5.88. The van der Waals surface area contributed by atoms with Gasteiger partial charge in [0, 0.05) is 18.3 Å². The van der Waals surface area contributed by atoms with Crippen LogP contribution in [0.3, 0.4) is 0 Å². The summed E-state index contributed by atoms with van der Waals surface area (Å²) in [4.78, 5) is 34.2. The van der Waals surface area contributed by atoms with Gasteiger partial charge in [-0.05, 0) is 31.5 Å². The molecule has 0 spiro atoms. The van der Waals surface area contributed by atoms with E-state index in [-0.39, 0.29) is 24.5 Å². The van der Waals surface area contributed by atoms with E-state index in [1.165, 1.54) is 11.3 Å². The Morgan fingerprint density at radius 1 is 1.36 bits per heavy atom. The number of thiazole rings is 1. The van der Waals surface area contributed by atoms with E-state index in [9.17, 15) is 9.59 Å². The minimum absolute atomic E-state index is 0.0457. The number of likely N-dealkylation sites (N-methyl/N-ethyl adjacent to an activating group) is 1. The number of rotatable bonds is 7. The minimum atomic E-state index is -0.818. The van der Waals surface area contributed by atoms with E-state index in [2.05, 4.69) is 15.3 Å². The molecule has 1 fully saturated rings. The maximum absolute atomic E-state index is 12.3. The van der Waals surface area contributed by atoms with Crippen LogP contribution in [0.4, 0.5) is 0 Å². The Morgan fingerprint density at radius 3 is 2.80 bits per heavy atom. The van der Waals surface area contributed by atoms with Crippen molar-refractivity contribution in [1.29, 1.82) is 0 Å². The van der Waals surface area contributed by atoms with Gasteiger partial charge in [0.25, 0.3) is 5.91 Å². The zero-order valence-corrected chi connectivity index (χ0v) is 14.7. The van der Waals surface area contributed by atoms with Crippen LogP contribution in [0.5, 0.6) is 0 Å². The molecular formula is C17H20N4O3S. The molecule has 0 unspecified atom stereocenters. The molecule has 2 aromatic heterocycles. The average molecular weight is 360 g/mol. The fourth-order valence-corrected chi connectivity index (χ4v) is 3.72. The van der Waals surface area contributed by atoms with Crippen LogP contribution in [-0.2, 0) is 4.79 Å². The SMILES string of the molecule is CCN(CC(=O)O)C1CC(NC(=O)c2cnc(-c3ccccn3)s2)C1. The third-order valence-corrected chi connectivity index (χ3v) is 5.34. The Balaban J connectivity index is 1.53. The molecule has 3 rings (SSSR count). The van der Waals surface area contributed by atoms with Crippen molar-refractivity contribution in [3.63, 3.8) is 0 Å². The second-order valence-electron chi connectivity index (χ2n) is 6.00. The lowest BCUT2D eigenvalue weighted by Crippen LogP contribution is -2.54. The number of carbonyl (C=O) groups is 2. The third kappa shape index (κ3) is 4.21. The highest BCUT2D eigenvalue weighted by molar-refractivity contribution is 7.16. The van der Waals surface area contributed by atoms with Crippen LogP contribution in [0, 0.1) is 0 Å². The van der Waals surface area contributed by atoms with Crippen LogP contribution >= 0.6 is 11.3 Å². The summed E-state index contributed by atoms with van der Waals surface area (Å²) in [7, 11) is 0. The van der Waals surface area contributed by atoms with Gasteiger partial charge in [0.1, 0.15) is 9.88 Å². The number of nitrogens with one attached hydrogen (secondary N) is 1. The molecule has 1 saturated carbocycles. The van der Waals surface area contributed by atoms with Crippen molar-refractivity contribution in [3.05, 3.63) is 35.5 Å². The van der Waals surface area contributed by atoms with E-state index in [0.29, 0.717) is 11.4 Å². The number of nitrogens with zero attached hydrogens (tertiary/aromatic N) is 3. The molecule has 1 amide bonds. The molecule has 2 N–H and O–H groups in total. The molecule has 0 saturated heterocycles. The first-order valence-corrected chi connectivity index (χ1v) is 9.02. The van der Waals surface area contributed by atoms with Crippen molar-refractivity contribution < 1.29 is 14.7 Å². The van der Waals surface area contributed by atoms with Gasteiger partial charge in [-0.1, -0.05) is 13.0 Å². The summed E-state index contributed by atoms with van der Waals surface area (Å²) in [5.41, 5.74) is 0.752. The zero-order chi connectivity index (χ0) is 17.8. The number of hydrogen-bond donors (Lipinski definition) is 2. The quantitative estimate of drug-likeness (QED) is 0.783. The van der Waals surface area contributed by atoms with E-state index >= 15 is 0 Å². The van der Waals surface area contributed by atoms with Crippen LogP contribution in [0.2, 0.25) is 0 Å². The highest BCUT2D eigenvalue weighted by atomic mass is 32.1. The largest absolute Gasteiger partial charge is 0.480 e. The molecule has 132 valence electrons. The number of pyridine rings is 1. The Morgan fingerprint density at radius 2 is 2.16 bits per heavy atom. The third-order valence-electron chi connectivity index (χ3n) is 4.32. The normalized spacial score (nSPS) is 19.4. The summed E-state index contributed by atoms with van der Waals surface area (Å²) in [5.74, 6) is -0.953. The predicted molar refractivity (Wildman–Crippen MR) is 94.5 cm³/mol. The Kier molecular flexibility index (Phi) is 5.40. The van der Waals surface area contributed by atoms with Crippen molar-refractivity contribution in [2.24, 2.45) is 0 Å². The lowest BCUT2D eigenvalue weighted by Gasteiger charge is -2.42. The molecule has 2 heterocycles. The monoisotopic (exact) mass is 360 g/mol. The summed E-state index contributed by atoms with van der Waals surface area (Å²) >= 11 is 1.32. The van der Waals surface area contributed by atoms with Gasteiger partial charge in [0.05, 0.1) is 18.4 Å². The molecule has 0 aliphatic heterocycles. The molecule has 0 atom stereocenters. The van der Waals surface area contributed by atoms with Gasteiger partial charge in [-0.25, -0.2) is 4.98 Å².